The molecule has 0 saturated carbocycles. The van der Waals surface area contributed by atoms with Crippen LogP contribution in [0, 0.1) is 12.7 Å². The molecule has 0 unspecified atom stereocenters. The third kappa shape index (κ3) is 3.78. The van der Waals surface area contributed by atoms with Crippen molar-refractivity contribution in [3.8, 4) is 10.6 Å². The number of hydrogen-bond donors (Lipinski definition) is 1. The highest BCUT2D eigenvalue weighted by Crippen LogP contribution is 2.27. The fraction of sp³-hybridized carbons (Fsp3) is 0.118. The highest BCUT2D eigenvalue weighted by atomic mass is 32.1. The number of halogens is 1. The van der Waals surface area contributed by atoms with Crippen molar-refractivity contribution in [1.82, 2.24) is 9.97 Å². The predicted molar refractivity (Wildman–Crippen MR) is 88.8 cm³/mol. The van der Waals surface area contributed by atoms with Gasteiger partial charge in [-0.3, -0.25) is 9.78 Å². The Bertz CT molecular complexity index is 816. The van der Waals surface area contributed by atoms with Gasteiger partial charge in [0.25, 0.3) is 0 Å². The SMILES string of the molecule is Cc1nc(-c2cccnc2)sc1CC(=O)Nc1ccc(F)cc1. The standard InChI is InChI=1S/C17H14FN3OS/c1-11-15(23-17(20-11)12-3-2-8-19-10-12)9-16(22)21-14-6-4-13(18)5-7-14/h2-8,10H,9H2,1H3,(H,21,22). The minimum Gasteiger partial charge on any atom is -0.326 e. The molecule has 0 fully saturated rings. The third-order valence-electron chi connectivity index (χ3n) is 3.25. The average Bonchev–Trinajstić information content (AvgIpc) is 2.91. The minimum atomic E-state index is -0.331. The topological polar surface area (TPSA) is 54.9 Å². The summed E-state index contributed by atoms with van der Waals surface area (Å²) in [6, 6.07) is 9.49. The van der Waals surface area contributed by atoms with Gasteiger partial charge in [0.15, 0.2) is 0 Å². The molecule has 0 radical (unpaired) electrons. The summed E-state index contributed by atoms with van der Waals surface area (Å²) in [7, 11) is 0. The number of aromatic nitrogens is 2. The summed E-state index contributed by atoms with van der Waals surface area (Å²) in [5.74, 6) is -0.483. The van der Waals surface area contributed by atoms with Crippen LogP contribution in [0.25, 0.3) is 10.6 Å². The summed E-state index contributed by atoms with van der Waals surface area (Å²) in [5.41, 5.74) is 2.35. The number of nitrogens with one attached hydrogen (secondary N) is 1. The van der Waals surface area contributed by atoms with E-state index < -0.39 is 0 Å². The number of anilines is 1. The van der Waals surface area contributed by atoms with Crippen LogP contribution in [-0.4, -0.2) is 15.9 Å². The monoisotopic (exact) mass is 327 g/mol. The number of hydrogen-bond acceptors (Lipinski definition) is 4. The maximum atomic E-state index is 12.9. The van der Waals surface area contributed by atoms with Crippen LogP contribution in [0.5, 0.6) is 0 Å². The van der Waals surface area contributed by atoms with Gasteiger partial charge in [0, 0.05) is 28.5 Å². The van der Waals surface area contributed by atoms with E-state index in [1.807, 2.05) is 19.1 Å². The van der Waals surface area contributed by atoms with Crippen LogP contribution in [0.2, 0.25) is 0 Å². The first-order valence-electron chi connectivity index (χ1n) is 7.04. The van der Waals surface area contributed by atoms with Gasteiger partial charge in [-0.25, -0.2) is 9.37 Å². The van der Waals surface area contributed by atoms with E-state index in [0.717, 1.165) is 21.1 Å². The van der Waals surface area contributed by atoms with E-state index in [2.05, 4.69) is 15.3 Å². The zero-order valence-electron chi connectivity index (χ0n) is 12.4. The maximum absolute atomic E-state index is 12.9. The second-order valence-corrected chi connectivity index (χ2v) is 6.08. The molecule has 0 atom stereocenters. The molecular formula is C17H14FN3OS. The summed E-state index contributed by atoms with van der Waals surface area (Å²) in [4.78, 5) is 21.6. The van der Waals surface area contributed by atoms with Crippen LogP contribution in [0.1, 0.15) is 10.6 Å². The number of carbonyl (C=O) groups excluding carboxylic acids is 1. The first-order valence-corrected chi connectivity index (χ1v) is 7.85. The number of aryl methyl sites for hydroxylation is 1. The van der Waals surface area contributed by atoms with Crippen LogP contribution < -0.4 is 5.32 Å². The molecule has 0 saturated heterocycles. The van der Waals surface area contributed by atoms with E-state index in [1.54, 1.807) is 12.4 Å². The van der Waals surface area contributed by atoms with E-state index >= 15 is 0 Å². The second kappa shape index (κ2) is 6.66. The Labute approximate surface area is 137 Å². The van der Waals surface area contributed by atoms with Gasteiger partial charge in [0.1, 0.15) is 10.8 Å². The number of carbonyl (C=O) groups is 1. The highest BCUT2D eigenvalue weighted by molar-refractivity contribution is 7.15. The van der Waals surface area contributed by atoms with Gasteiger partial charge < -0.3 is 5.32 Å². The summed E-state index contributed by atoms with van der Waals surface area (Å²) in [5, 5.41) is 3.60. The number of thiazole rings is 1. The molecule has 0 bridgehead atoms. The molecule has 1 aromatic carbocycles. The van der Waals surface area contributed by atoms with Crippen molar-refractivity contribution in [1.29, 1.82) is 0 Å². The molecule has 3 aromatic rings. The Balaban J connectivity index is 1.71. The largest absolute Gasteiger partial charge is 0.326 e. The molecule has 23 heavy (non-hydrogen) atoms. The molecule has 4 nitrogen and oxygen atoms in total. The minimum absolute atomic E-state index is 0.152. The van der Waals surface area contributed by atoms with Crippen molar-refractivity contribution in [2.45, 2.75) is 13.3 Å². The number of nitrogens with zero attached hydrogens (tertiary/aromatic N) is 2. The molecule has 6 heteroatoms. The number of amides is 1. The summed E-state index contributed by atoms with van der Waals surface area (Å²) in [6.07, 6.45) is 3.70. The van der Waals surface area contributed by atoms with E-state index in [0.29, 0.717) is 5.69 Å². The van der Waals surface area contributed by atoms with Gasteiger partial charge in [0.2, 0.25) is 5.91 Å². The van der Waals surface area contributed by atoms with Crippen molar-refractivity contribution in [2.75, 3.05) is 5.32 Å². The molecule has 0 aliphatic carbocycles. The normalized spacial score (nSPS) is 10.5. The van der Waals surface area contributed by atoms with Gasteiger partial charge >= 0.3 is 0 Å². The summed E-state index contributed by atoms with van der Waals surface area (Å²) in [6.45, 7) is 1.89. The quantitative estimate of drug-likeness (QED) is 0.792. The third-order valence-corrected chi connectivity index (χ3v) is 4.46. The number of pyridine rings is 1. The van der Waals surface area contributed by atoms with Crippen molar-refractivity contribution in [2.24, 2.45) is 0 Å². The second-order valence-electron chi connectivity index (χ2n) is 5.00. The van der Waals surface area contributed by atoms with Gasteiger partial charge in [-0.1, -0.05) is 0 Å². The van der Waals surface area contributed by atoms with E-state index in [-0.39, 0.29) is 18.1 Å². The Morgan fingerprint density at radius 3 is 2.74 bits per heavy atom. The molecule has 0 spiro atoms. The maximum Gasteiger partial charge on any atom is 0.229 e. The summed E-state index contributed by atoms with van der Waals surface area (Å²) >= 11 is 1.48. The first-order chi connectivity index (χ1) is 11.1. The molecule has 3 rings (SSSR count). The van der Waals surface area contributed by atoms with Gasteiger partial charge in [-0.2, -0.15) is 0 Å². The highest BCUT2D eigenvalue weighted by Gasteiger charge is 2.13. The molecule has 2 aromatic heterocycles. The Kier molecular flexibility index (Phi) is 4.43. The van der Waals surface area contributed by atoms with E-state index in [9.17, 15) is 9.18 Å². The van der Waals surface area contributed by atoms with Gasteiger partial charge in [0.05, 0.1) is 12.1 Å². The lowest BCUT2D eigenvalue weighted by Gasteiger charge is -2.04. The molecule has 1 N–H and O–H groups in total. The van der Waals surface area contributed by atoms with Crippen LogP contribution in [0.3, 0.4) is 0 Å². The first kappa shape index (κ1) is 15.3. The van der Waals surface area contributed by atoms with Crippen LogP contribution in [0.4, 0.5) is 10.1 Å². The lowest BCUT2D eigenvalue weighted by atomic mass is 10.2. The molecule has 2 heterocycles. The lowest BCUT2D eigenvalue weighted by molar-refractivity contribution is -0.115. The number of benzene rings is 1. The zero-order valence-corrected chi connectivity index (χ0v) is 13.2. The predicted octanol–water partition coefficient (Wildman–Crippen LogP) is 3.83. The van der Waals surface area contributed by atoms with Crippen molar-refractivity contribution in [3.05, 3.63) is 65.2 Å². The van der Waals surface area contributed by atoms with Crippen LogP contribution >= 0.6 is 11.3 Å². The van der Waals surface area contributed by atoms with Crippen LogP contribution in [-0.2, 0) is 11.2 Å². The Morgan fingerprint density at radius 2 is 2.04 bits per heavy atom. The number of rotatable bonds is 4. The fourth-order valence-electron chi connectivity index (χ4n) is 2.09. The van der Waals surface area contributed by atoms with Crippen molar-refractivity contribution >= 4 is 22.9 Å². The smallest absolute Gasteiger partial charge is 0.229 e. The molecular weight excluding hydrogens is 313 g/mol. The zero-order chi connectivity index (χ0) is 16.2. The molecule has 116 valence electrons. The summed E-state index contributed by atoms with van der Waals surface area (Å²) < 4.78 is 12.9. The van der Waals surface area contributed by atoms with E-state index in [1.165, 1.54) is 35.6 Å². The Morgan fingerprint density at radius 1 is 1.26 bits per heavy atom. The van der Waals surface area contributed by atoms with Crippen molar-refractivity contribution < 1.29 is 9.18 Å². The van der Waals surface area contributed by atoms with Gasteiger partial charge in [-0.15, -0.1) is 11.3 Å². The molecule has 0 aliphatic rings. The van der Waals surface area contributed by atoms with E-state index in [4.69, 9.17) is 0 Å². The lowest BCUT2D eigenvalue weighted by Crippen LogP contribution is -2.14. The average molecular weight is 327 g/mol. The fourth-order valence-corrected chi connectivity index (χ4v) is 3.14. The molecule has 1 amide bonds. The van der Waals surface area contributed by atoms with Crippen LogP contribution in [0.15, 0.2) is 48.8 Å². The van der Waals surface area contributed by atoms with Gasteiger partial charge in [-0.05, 0) is 43.3 Å². The Hall–Kier alpha value is -2.60. The van der Waals surface area contributed by atoms with Crippen molar-refractivity contribution in [3.63, 3.8) is 0 Å². The molecule has 0 aliphatic heterocycles.